The molecule has 1 fully saturated rings. The SMILES string of the molecule is CC(C)C1=C(C(C)C)OC2(CCC2)O1. The molecular weight excluding hydrogens is 176 g/mol. The van der Waals surface area contributed by atoms with E-state index in [2.05, 4.69) is 27.7 Å². The van der Waals surface area contributed by atoms with E-state index in [0.717, 1.165) is 24.4 Å². The molecule has 0 saturated heterocycles. The molecule has 0 aromatic heterocycles. The molecule has 0 unspecified atom stereocenters. The maximum Gasteiger partial charge on any atom is 0.250 e. The average Bonchev–Trinajstić information content (AvgIpc) is 2.42. The maximum absolute atomic E-state index is 5.98. The van der Waals surface area contributed by atoms with Crippen LogP contribution < -0.4 is 0 Å². The van der Waals surface area contributed by atoms with Gasteiger partial charge in [-0.2, -0.15) is 0 Å². The standard InChI is InChI=1S/C12H20O2/c1-8(2)10-11(9(3)4)14-12(13-10)6-5-7-12/h8-9H,5-7H2,1-4H3. The van der Waals surface area contributed by atoms with Crippen molar-refractivity contribution >= 4 is 0 Å². The van der Waals surface area contributed by atoms with Gasteiger partial charge in [0.05, 0.1) is 0 Å². The van der Waals surface area contributed by atoms with Gasteiger partial charge in [-0.05, 0) is 6.42 Å². The van der Waals surface area contributed by atoms with Crippen LogP contribution in [0.5, 0.6) is 0 Å². The van der Waals surface area contributed by atoms with E-state index in [1.165, 1.54) is 6.42 Å². The summed E-state index contributed by atoms with van der Waals surface area (Å²) < 4.78 is 12.0. The highest BCUT2D eigenvalue weighted by molar-refractivity contribution is 5.14. The molecule has 0 amide bonds. The summed E-state index contributed by atoms with van der Waals surface area (Å²) in [5, 5.41) is 0. The topological polar surface area (TPSA) is 18.5 Å². The lowest BCUT2D eigenvalue weighted by Gasteiger charge is -2.37. The number of hydrogen-bond donors (Lipinski definition) is 0. The van der Waals surface area contributed by atoms with E-state index in [1.807, 2.05) is 0 Å². The first-order chi connectivity index (χ1) is 6.54. The van der Waals surface area contributed by atoms with Crippen LogP contribution in [0.25, 0.3) is 0 Å². The minimum absolute atomic E-state index is 0.251. The summed E-state index contributed by atoms with van der Waals surface area (Å²) in [4.78, 5) is 0. The van der Waals surface area contributed by atoms with Gasteiger partial charge in [-0.1, -0.05) is 27.7 Å². The van der Waals surface area contributed by atoms with Gasteiger partial charge in [0.15, 0.2) is 0 Å². The molecule has 0 aromatic rings. The third-order valence-corrected chi connectivity index (χ3v) is 3.00. The van der Waals surface area contributed by atoms with Crippen molar-refractivity contribution in [1.29, 1.82) is 0 Å². The molecule has 2 nitrogen and oxygen atoms in total. The second kappa shape index (κ2) is 3.18. The van der Waals surface area contributed by atoms with Crippen LogP contribution >= 0.6 is 0 Å². The van der Waals surface area contributed by atoms with Gasteiger partial charge in [0.25, 0.3) is 5.79 Å². The minimum atomic E-state index is -0.251. The Kier molecular flexibility index (Phi) is 2.24. The lowest BCUT2D eigenvalue weighted by Crippen LogP contribution is -2.39. The molecule has 0 atom stereocenters. The van der Waals surface area contributed by atoms with E-state index < -0.39 is 0 Å². The van der Waals surface area contributed by atoms with E-state index in [9.17, 15) is 0 Å². The van der Waals surface area contributed by atoms with E-state index in [4.69, 9.17) is 9.47 Å². The Balaban J connectivity index is 2.18. The first kappa shape index (κ1) is 9.88. The molecule has 2 rings (SSSR count). The van der Waals surface area contributed by atoms with Crippen LogP contribution in [0, 0.1) is 11.8 Å². The molecule has 0 radical (unpaired) electrons. The lowest BCUT2D eigenvalue weighted by molar-refractivity contribution is -0.208. The van der Waals surface area contributed by atoms with Gasteiger partial charge in [-0.3, -0.25) is 0 Å². The van der Waals surface area contributed by atoms with Crippen molar-refractivity contribution in [3.63, 3.8) is 0 Å². The van der Waals surface area contributed by atoms with Gasteiger partial charge in [0, 0.05) is 24.7 Å². The minimum Gasteiger partial charge on any atom is -0.453 e. The summed E-state index contributed by atoms with van der Waals surface area (Å²) in [7, 11) is 0. The van der Waals surface area contributed by atoms with E-state index in [0.29, 0.717) is 11.8 Å². The Hall–Kier alpha value is -0.660. The first-order valence-corrected chi connectivity index (χ1v) is 5.66. The van der Waals surface area contributed by atoms with Crippen LogP contribution in [0.3, 0.4) is 0 Å². The quantitative estimate of drug-likeness (QED) is 0.673. The predicted octanol–water partition coefficient (Wildman–Crippen LogP) is 3.44. The number of hydrogen-bond acceptors (Lipinski definition) is 2. The Labute approximate surface area is 86.3 Å². The van der Waals surface area contributed by atoms with Crippen molar-refractivity contribution in [2.45, 2.75) is 52.7 Å². The maximum atomic E-state index is 5.98. The summed E-state index contributed by atoms with van der Waals surface area (Å²) in [5.74, 6) is 2.79. The Bertz CT molecular complexity index is 237. The largest absolute Gasteiger partial charge is 0.453 e. The fraction of sp³-hybridized carbons (Fsp3) is 0.833. The van der Waals surface area contributed by atoms with Crippen LogP contribution in [0.1, 0.15) is 47.0 Å². The Morgan fingerprint density at radius 2 is 1.36 bits per heavy atom. The predicted molar refractivity (Wildman–Crippen MR) is 55.5 cm³/mol. The normalized spacial score (nSPS) is 24.1. The molecule has 1 aliphatic carbocycles. The fourth-order valence-corrected chi connectivity index (χ4v) is 2.00. The molecule has 14 heavy (non-hydrogen) atoms. The second-order valence-electron chi connectivity index (χ2n) is 5.01. The summed E-state index contributed by atoms with van der Waals surface area (Å²) >= 11 is 0. The second-order valence-corrected chi connectivity index (χ2v) is 5.01. The molecular formula is C12H20O2. The summed E-state index contributed by atoms with van der Waals surface area (Å²) in [6.07, 6.45) is 3.34. The van der Waals surface area contributed by atoms with Gasteiger partial charge in [0.2, 0.25) is 0 Å². The molecule has 0 N–H and O–H groups in total. The monoisotopic (exact) mass is 196 g/mol. The zero-order valence-corrected chi connectivity index (χ0v) is 9.59. The van der Waals surface area contributed by atoms with Crippen molar-refractivity contribution in [3.05, 3.63) is 11.5 Å². The van der Waals surface area contributed by atoms with Crippen LogP contribution in [0.15, 0.2) is 11.5 Å². The molecule has 2 aliphatic rings. The third-order valence-electron chi connectivity index (χ3n) is 3.00. The molecule has 1 saturated carbocycles. The van der Waals surface area contributed by atoms with Crippen LogP contribution in [-0.2, 0) is 9.47 Å². The molecule has 1 heterocycles. The fourth-order valence-electron chi connectivity index (χ4n) is 2.00. The third kappa shape index (κ3) is 1.41. The van der Waals surface area contributed by atoms with Crippen molar-refractivity contribution in [1.82, 2.24) is 0 Å². The summed E-state index contributed by atoms with van der Waals surface area (Å²) in [6, 6.07) is 0. The highest BCUT2D eigenvalue weighted by Crippen LogP contribution is 2.48. The zero-order valence-electron chi connectivity index (χ0n) is 9.59. The molecule has 1 aliphatic heterocycles. The molecule has 0 aromatic carbocycles. The van der Waals surface area contributed by atoms with Crippen molar-refractivity contribution < 1.29 is 9.47 Å². The van der Waals surface area contributed by atoms with E-state index >= 15 is 0 Å². The van der Waals surface area contributed by atoms with Crippen molar-refractivity contribution in [2.75, 3.05) is 0 Å². The highest BCUT2D eigenvalue weighted by Gasteiger charge is 2.48. The zero-order chi connectivity index (χ0) is 10.3. The van der Waals surface area contributed by atoms with E-state index in [1.54, 1.807) is 0 Å². The highest BCUT2D eigenvalue weighted by atomic mass is 16.7. The van der Waals surface area contributed by atoms with Crippen molar-refractivity contribution in [3.8, 4) is 0 Å². The number of rotatable bonds is 2. The van der Waals surface area contributed by atoms with Crippen LogP contribution in [0.4, 0.5) is 0 Å². The smallest absolute Gasteiger partial charge is 0.250 e. The number of allylic oxidation sites excluding steroid dienone is 2. The summed E-state index contributed by atoms with van der Waals surface area (Å²) in [6.45, 7) is 8.66. The van der Waals surface area contributed by atoms with Gasteiger partial charge in [-0.25, -0.2) is 0 Å². The van der Waals surface area contributed by atoms with Crippen molar-refractivity contribution in [2.24, 2.45) is 11.8 Å². The van der Waals surface area contributed by atoms with Gasteiger partial charge in [-0.15, -0.1) is 0 Å². The number of ether oxygens (including phenoxy) is 2. The molecule has 1 spiro atoms. The van der Waals surface area contributed by atoms with E-state index in [-0.39, 0.29) is 5.79 Å². The Morgan fingerprint density at radius 1 is 0.929 bits per heavy atom. The molecule has 0 bridgehead atoms. The van der Waals surface area contributed by atoms with Crippen LogP contribution in [-0.4, -0.2) is 5.79 Å². The lowest BCUT2D eigenvalue weighted by atomic mass is 9.91. The Morgan fingerprint density at radius 3 is 1.57 bits per heavy atom. The first-order valence-electron chi connectivity index (χ1n) is 5.66. The van der Waals surface area contributed by atoms with Gasteiger partial charge < -0.3 is 9.47 Å². The van der Waals surface area contributed by atoms with Gasteiger partial charge in [0.1, 0.15) is 11.5 Å². The molecule has 80 valence electrons. The van der Waals surface area contributed by atoms with Gasteiger partial charge >= 0.3 is 0 Å². The average molecular weight is 196 g/mol. The summed E-state index contributed by atoms with van der Waals surface area (Å²) in [5.41, 5.74) is 0. The van der Waals surface area contributed by atoms with Crippen LogP contribution in [0.2, 0.25) is 0 Å². The molecule has 2 heteroatoms.